The number of aromatic amines is 1. The summed E-state index contributed by atoms with van der Waals surface area (Å²) < 4.78 is 1.24. The van der Waals surface area contributed by atoms with E-state index < -0.39 is 29.0 Å². The molecule has 1 aliphatic heterocycles. The van der Waals surface area contributed by atoms with Crippen LogP contribution in [0.2, 0.25) is 0 Å². The Hall–Kier alpha value is -4.76. The van der Waals surface area contributed by atoms with E-state index >= 15 is 0 Å². The molecule has 6 rings (SSSR count). The zero-order chi connectivity index (χ0) is 30.6. The van der Waals surface area contributed by atoms with Crippen molar-refractivity contribution in [3.63, 3.8) is 0 Å². The molecule has 3 aromatic rings. The summed E-state index contributed by atoms with van der Waals surface area (Å²) in [6.07, 6.45) is 3.12. The van der Waals surface area contributed by atoms with Gasteiger partial charge in [0.15, 0.2) is 0 Å². The van der Waals surface area contributed by atoms with Gasteiger partial charge in [0, 0.05) is 30.3 Å². The number of nitrogens with zero attached hydrogens (tertiary/aromatic N) is 4. The van der Waals surface area contributed by atoms with Crippen molar-refractivity contribution >= 4 is 17.7 Å². The van der Waals surface area contributed by atoms with Crippen LogP contribution in [0, 0.1) is 17.2 Å². The molecule has 0 bridgehead atoms. The second-order valence-corrected chi connectivity index (χ2v) is 12.0. The second-order valence-electron chi connectivity index (χ2n) is 12.0. The fourth-order valence-corrected chi connectivity index (χ4v) is 7.14. The summed E-state index contributed by atoms with van der Waals surface area (Å²) in [5.74, 6) is -0.400. The zero-order valence-corrected chi connectivity index (χ0v) is 24.1. The number of hydrogen-bond acceptors (Lipinski definition) is 7. The Morgan fingerprint density at radius 3 is 2.21 bits per heavy atom. The van der Waals surface area contributed by atoms with Gasteiger partial charge in [0.05, 0.1) is 18.0 Å². The molecule has 1 saturated heterocycles. The molecule has 12 heteroatoms. The highest BCUT2D eigenvalue weighted by Crippen LogP contribution is 2.48. The minimum Gasteiger partial charge on any atom is -0.366 e. The van der Waals surface area contributed by atoms with E-state index in [0.717, 1.165) is 35.1 Å². The zero-order valence-electron chi connectivity index (χ0n) is 24.1. The Morgan fingerprint density at radius 1 is 1.09 bits per heavy atom. The van der Waals surface area contributed by atoms with E-state index in [1.165, 1.54) is 4.68 Å². The number of fused-ring (bicyclic) bond motifs is 3. The van der Waals surface area contributed by atoms with Crippen LogP contribution in [0.4, 0.5) is 0 Å². The third-order valence-corrected chi connectivity index (χ3v) is 9.29. The number of aryl methyl sites for hydroxylation is 3. The van der Waals surface area contributed by atoms with Crippen molar-refractivity contribution in [2.24, 2.45) is 24.4 Å². The van der Waals surface area contributed by atoms with E-state index in [0.29, 0.717) is 42.1 Å². The van der Waals surface area contributed by atoms with Gasteiger partial charge in [-0.25, -0.2) is 9.48 Å². The van der Waals surface area contributed by atoms with Crippen molar-refractivity contribution in [1.82, 2.24) is 25.0 Å². The summed E-state index contributed by atoms with van der Waals surface area (Å²) in [7, 11) is 1.56. The van der Waals surface area contributed by atoms with Gasteiger partial charge in [0.25, 0.3) is 0 Å². The lowest BCUT2D eigenvalue weighted by Crippen LogP contribution is -2.46. The molecule has 222 valence electrons. The highest BCUT2D eigenvalue weighted by molar-refractivity contribution is 5.94. The number of H-pyrrole nitrogens is 1. The van der Waals surface area contributed by atoms with Crippen molar-refractivity contribution in [3.8, 4) is 6.07 Å². The number of carbonyl (C=O) groups is 3. The van der Waals surface area contributed by atoms with Gasteiger partial charge in [-0.15, -0.1) is 0 Å². The van der Waals surface area contributed by atoms with Gasteiger partial charge >= 0.3 is 5.69 Å². The van der Waals surface area contributed by atoms with Gasteiger partial charge in [-0.05, 0) is 91.5 Å². The predicted molar refractivity (Wildman–Crippen MR) is 156 cm³/mol. The summed E-state index contributed by atoms with van der Waals surface area (Å²) in [5, 5.41) is 17.6. The van der Waals surface area contributed by atoms with Crippen LogP contribution in [0.5, 0.6) is 0 Å². The second kappa shape index (κ2) is 10.5. The molecule has 0 radical (unpaired) electrons. The first kappa shape index (κ1) is 28.4. The number of benzene rings is 2. The number of rotatable bonds is 8. The van der Waals surface area contributed by atoms with E-state index in [4.69, 9.17) is 11.5 Å². The Bertz CT molecular complexity index is 1690. The molecule has 3 amide bonds. The van der Waals surface area contributed by atoms with Gasteiger partial charge < -0.3 is 21.7 Å². The van der Waals surface area contributed by atoms with Gasteiger partial charge in [-0.3, -0.25) is 19.4 Å². The summed E-state index contributed by atoms with van der Waals surface area (Å²) in [5.41, 5.74) is 14.0. The molecule has 0 spiro atoms. The lowest BCUT2D eigenvalue weighted by Gasteiger charge is -2.37. The third-order valence-electron chi connectivity index (χ3n) is 9.29. The molecule has 2 fully saturated rings. The molecule has 43 heavy (non-hydrogen) atoms. The molecule has 1 aromatic heterocycles. The number of nitrogens with two attached hydrogens (primary N) is 2. The number of nitriles is 1. The molecular weight excluding hydrogens is 548 g/mol. The Kier molecular flexibility index (Phi) is 6.93. The number of amides is 3. The maximum Gasteiger partial charge on any atom is 0.343 e. The highest BCUT2D eigenvalue weighted by atomic mass is 16.2. The highest BCUT2D eigenvalue weighted by Gasteiger charge is 2.54. The minimum atomic E-state index is -1.03. The first-order valence-corrected chi connectivity index (χ1v) is 14.5. The number of nitrogens with one attached hydrogen (secondary N) is 2. The number of hydrogen-bond donors (Lipinski definition) is 4. The number of likely N-dealkylation sites (tertiary alicyclic amines) is 1. The molecule has 1 unspecified atom stereocenters. The summed E-state index contributed by atoms with van der Waals surface area (Å²) in [6, 6.07) is 12.3. The van der Waals surface area contributed by atoms with Crippen molar-refractivity contribution in [2.45, 2.75) is 62.6 Å². The first-order valence-electron chi connectivity index (χ1n) is 14.5. The van der Waals surface area contributed by atoms with Gasteiger partial charge in [-0.1, -0.05) is 12.1 Å². The molecule has 12 nitrogen and oxygen atoms in total. The number of carbonyl (C=O) groups excluding carboxylic acids is 3. The van der Waals surface area contributed by atoms with Crippen LogP contribution in [0.15, 0.2) is 41.2 Å². The Balaban J connectivity index is 1.45. The monoisotopic (exact) mass is 582 g/mol. The molecule has 4 atom stereocenters. The number of piperidine rings is 1. The van der Waals surface area contributed by atoms with Gasteiger partial charge in [0.2, 0.25) is 17.7 Å². The van der Waals surface area contributed by atoms with E-state index in [2.05, 4.69) is 21.5 Å². The first-order chi connectivity index (χ1) is 20.5. The van der Waals surface area contributed by atoms with Crippen molar-refractivity contribution in [3.05, 3.63) is 86.1 Å². The number of primary amides is 2. The topological polar surface area (TPSA) is 193 Å². The van der Waals surface area contributed by atoms with E-state index in [1.807, 2.05) is 19.1 Å². The largest absolute Gasteiger partial charge is 0.366 e. The summed E-state index contributed by atoms with van der Waals surface area (Å²) >= 11 is 0. The van der Waals surface area contributed by atoms with Crippen LogP contribution >= 0.6 is 0 Å². The van der Waals surface area contributed by atoms with Crippen molar-refractivity contribution in [2.75, 3.05) is 6.54 Å². The standard InChI is InChI=1S/C31H34N8O4/c1-16(35-15-26(40)39-22(14-32)11-21-12-25(21)39)13-31(29-36-30(43)38(2)37-29)23-7-5-19(27(33)41)9-17(23)3-4-18-10-20(28(34)42)6-8-24(18)31/h5-10,16,21-22,25,35H,3-4,11-13,15H2,1-2H3,(H2,33,41)(H2,34,42)(H,36,37,43)/t16-,21-,22?,25+/m1/s1. The van der Waals surface area contributed by atoms with Crippen LogP contribution in [0.1, 0.15) is 75.0 Å². The van der Waals surface area contributed by atoms with Crippen LogP contribution in [0.3, 0.4) is 0 Å². The van der Waals surface area contributed by atoms with E-state index in [1.54, 1.807) is 36.2 Å². The molecule has 1 saturated carbocycles. The minimum absolute atomic E-state index is 0.0539. The Labute approximate surface area is 248 Å². The molecular formula is C31H34N8O4. The van der Waals surface area contributed by atoms with Crippen LogP contribution < -0.4 is 22.5 Å². The average Bonchev–Trinajstić information content (AvgIpc) is 3.56. The summed E-state index contributed by atoms with van der Waals surface area (Å²) in [4.78, 5) is 55.0. The maximum absolute atomic E-state index is 13.3. The van der Waals surface area contributed by atoms with Crippen molar-refractivity contribution < 1.29 is 14.4 Å². The Morgan fingerprint density at radius 2 is 1.70 bits per heavy atom. The quantitative estimate of drug-likeness (QED) is 0.299. The van der Waals surface area contributed by atoms with Crippen LogP contribution in [0.25, 0.3) is 0 Å². The van der Waals surface area contributed by atoms with Crippen LogP contribution in [-0.2, 0) is 30.1 Å². The fourth-order valence-electron chi connectivity index (χ4n) is 7.14. The molecule has 2 aliphatic carbocycles. The lowest BCUT2D eigenvalue weighted by atomic mass is 9.67. The molecule has 6 N–H and O–H groups in total. The SMILES string of the molecule is C[C@H](CC1(c2nn(C)c(=O)[nH]2)c2ccc(C(N)=O)cc2CCc2cc(C(N)=O)ccc21)NCC(=O)N1C(C#N)C[C@@H]2C[C@@H]21. The van der Waals surface area contributed by atoms with Crippen molar-refractivity contribution in [1.29, 1.82) is 5.26 Å². The smallest absolute Gasteiger partial charge is 0.343 e. The number of aromatic nitrogens is 3. The van der Waals surface area contributed by atoms with E-state index in [-0.39, 0.29) is 24.5 Å². The summed E-state index contributed by atoms with van der Waals surface area (Å²) in [6.45, 7) is 2.01. The molecule has 3 aliphatic rings. The average molecular weight is 583 g/mol. The predicted octanol–water partition coefficient (Wildman–Crippen LogP) is 0.620. The molecule has 2 aromatic carbocycles. The van der Waals surface area contributed by atoms with E-state index in [9.17, 15) is 24.4 Å². The fraction of sp³-hybridized carbons (Fsp3) is 0.419. The molecule has 2 heterocycles. The third kappa shape index (κ3) is 4.79. The normalized spacial score (nSPS) is 22.0. The maximum atomic E-state index is 13.3. The van der Waals surface area contributed by atoms with Gasteiger partial charge in [-0.2, -0.15) is 10.4 Å². The lowest BCUT2D eigenvalue weighted by molar-refractivity contribution is -0.131. The van der Waals surface area contributed by atoms with Gasteiger partial charge in [0.1, 0.15) is 11.9 Å². The van der Waals surface area contributed by atoms with Crippen LogP contribution in [-0.4, -0.2) is 62.1 Å².